The van der Waals surface area contributed by atoms with E-state index in [1.165, 1.54) is 6.92 Å². The van der Waals surface area contributed by atoms with Crippen LogP contribution in [0.15, 0.2) is 11.3 Å². The number of ether oxygens (including phenoxy) is 1. The van der Waals surface area contributed by atoms with Crippen LogP contribution >= 0.6 is 0 Å². The Morgan fingerprint density at radius 2 is 2.18 bits per heavy atom. The normalized spacial score (nSPS) is 15.9. The van der Waals surface area contributed by atoms with Gasteiger partial charge in [-0.25, -0.2) is 4.79 Å². The van der Waals surface area contributed by atoms with Crippen LogP contribution in [0.2, 0.25) is 0 Å². The Hall–Kier alpha value is -0.320. The third-order valence-electron chi connectivity index (χ3n) is 1.17. The maximum atomic E-state index is 10.6. The fourth-order valence-electron chi connectivity index (χ4n) is 0.729. The fraction of sp³-hybridized carbons (Fsp3) is 0.333. The number of hydrogen-bond donors (Lipinski definition) is 0. The monoisotopic (exact) mass is 164 g/mol. The van der Waals surface area contributed by atoms with Gasteiger partial charge in [-0.1, -0.05) is 5.76 Å². The molecule has 1 heterocycles. The van der Waals surface area contributed by atoms with Crippen molar-refractivity contribution in [1.82, 2.24) is 0 Å². The maximum Gasteiger partial charge on any atom is 1.00 e. The molecule has 0 amide bonds. The molecule has 1 aliphatic rings. The molecule has 5 heteroatoms. The van der Waals surface area contributed by atoms with Gasteiger partial charge < -0.3 is 9.84 Å². The Labute approximate surface area is 85.5 Å². The molecule has 0 aromatic carbocycles. The van der Waals surface area contributed by atoms with Crippen LogP contribution in [0.25, 0.3) is 0 Å². The number of carbonyl (C=O) groups is 2. The largest absolute Gasteiger partial charge is 1.00 e. The van der Waals surface area contributed by atoms with Gasteiger partial charge in [0.15, 0.2) is 5.78 Å². The third-order valence-corrected chi connectivity index (χ3v) is 1.17. The summed E-state index contributed by atoms with van der Waals surface area (Å²) in [7, 11) is 0. The number of cyclic esters (lactones) is 1. The van der Waals surface area contributed by atoms with Gasteiger partial charge in [0.05, 0.1) is 5.57 Å². The van der Waals surface area contributed by atoms with Crippen LogP contribution in [0.3, 0.4) is 0 Å². The minimum atomic E-state index is -0.794. The van der Waals surface area contributed by atoms with Crippen molar-refractivity contribution in [3.63, 3.8) is 0 Å². The average molecular weight is 164 g/mol. The SMILES string of the molecule is CC(=O)C1=C([O-])COC1=O.[Na+]. The first kappa shape index (κ1) is 10.7. The van der Waals surface area contributed by atoms with Gasteiger partial charge in [0.1, 0.15) is 6.61 Å². The van der Waals surface area contributed by atoms with E-state index < -0.39 is 17.5 Å². The second-order valence-electron chi connectivity index (χ2n) is 1.93. The van der Waals surface area contributed by atoms with Crippen LogP contribution in [-0.4, -0.2) is 18.4 Å². The van der Waals surface area contributed by atoms with Crippen molar-refractivity contribution in [1.29, 1.82) is 0 Å². The first-order valence-electron chi connectivity index (χ1n) is 2.71. The third kappa shape index (κ3) is 2.05. The van der Waals surface area contributed by atoms with E-state index in [2.05, 4.69) is 4.74 Å². The number of esters is 1. The van der Waals surface area contributed by atoms with Crippen molar-refractivity contribution < 1.29 is 49.0 Å². The van der Waals surface area contributed by atoms with Crippen molar-refractivity contribution in [2.75, 3.05) is 6.61 Å². The van der Waals surface area contributed by atoms with E-state index in [1.807, 2.05) is 0 Å². The van der Waals surface area contributed by atoms with E-state index in [0.29, 0.717) is 0 Å². The fourth-order valence-corrected chi connectivity index (χ4v) is 0.729. The van der Waals surface area contributed by atoms with E-state index >= 15 is 0 Å². The zero-order chi connectivity index (χ0) is 7.72. The van der Waals surface area contributed by atoms with Gasteiger partial charge >= 0.3 is 35.5 Å². The molecular formula is C6H5NaO4. The van der Waals surface area contributed by atoms with Gasteiger partial charge in [-0.15, -0.1) is 0 Å². The Morgan fingerprint density at radius 1 is 1.64 bits per heavy atom. The molecule has 0 aromatic rings. The molecule has 0 saturated carbocycles. The molecule has 0 N–H and O–H groups in total. The second kappa shape index (κ2) is 3.90. The van der Waals surface area contributed by atoms with Crippen molar-refractivity contribution >= 4 is 11.8 Å². The molecule has 54 valence electrons. The summed E-state index contributed by atoms with van der Waals surface area (Å²) < 4.78 is 4.29. The van der Waals surface area contributed by atoms with E-state index in [0.717, 1.165) is 0 Å². The Bertz CT molecular complexity index is 231. The summed E-state index contributed by atoms with van der Waals surface area (Å²) in [6.45, 7) is 0.882. The number of ketones is 1. The van der Waals surface area contributed by atoms with Crippen LogP contribution in [0.1, 0.15) is 6.92 Å². The Kier molecular flexibility index (Phi) is 3.78. The molecule has 0 bridgehead atoms. The summed E-state index contributed by atoms with van der Waals surface area (Å²) in [6, 6.07) is 0. The van der Waals surface area contributed by atoms with Gasteiger partial charge in [0.2, 0.25) is 0 Å². The zero-order valence-electron chi connectivity index (χ0n) is 6.34. The van der Waals surface area contributed by atoms with Crippen LogP contribution < -0.4 is 34.7 Å². The topological polar surface area (TPSA) is 66.4 Å². The molecule has 0 aliphatic carbocycles. The number of rotatable bonds is 1. The molecule has 0 radical (unpaired) electrons. The Balaban J connectivity index is 0.000001000. The molecule has 0 fully saturated rings. The Morgan fingerprint density at radius 3 is 2.36 bits per heavy atom. The first-order valence-corrected chi connectivity index (χ1v) is 2.71. The summed E-state index contributed by atoms with van der Waals surface area (Å²) >= 11 is 0. The molecule has 0 saturated heterocycles. The summed E-state index contributed by atoms with van der Waals surface area (Å²) in [5.74, 6) is -1.83. The number of hydrogen-bond acceptors (Lipinski definition) is 4. The quantitative estimate of drug-likeness (QED) is 0.223. The standard InChI is InChI=1S/C6H6O4.Na/c1-3(7)5-4(8)2-10-6(5)9;/h8H,2H2,1H3;/q;+1/p-1. The van der Waals surface area contributed by atoms with Crippen LogP contribution in [-0.2, 0) is 14.3 Å². The number of carbonyl (C=O) groups excluding carboxylic acids is 2. The van der Waals surface area contributed by atoms with Crippen LogP contribution in [0.4, 0.5) is 0 Å². The summed E-state index contributed by atoms with van der Waals surface area (Å²) in [5.41, 5.74) is -0.333. The summed E-state index contributed by atoms with van der Waals surface area (Å²) in [5, 5.41) is 10.6. The minimum absolute atomic E-state index is 0. The predicted octanol–water partition coefficient (Wildman–Crippen LogP) is -4.25. The van der Waals surface area contributed by atoms with Crippen molar-refractivity contribution in [2.45, 2.75) is 6.92 Å². The van der Waals surface area contributed by atoms with Crippen LogP contribution in [0, 0.1) is 0 Å². The molecular weight excluding hydrogens is 159 g/mol. The van der Waals surface area contributed by atoms with Gasteiger partial charge in [-0.3, -0.25) is 4.79 Å². The molecule has 0 unspecified atom stereocenters. The van der Waals surface area contributed by atoms with Crippen molar-refractivity contribution in [2.24, 2.45) is 0 Å². The molecule has 1 aliphatic heterocycles. The van der Waals surface area contributed by atoms with E-state index in [9.17, 15) is 14.7 Å². The van der Waals surface area contributed by atoms with E-state index in [1.54, 1.807) is 0 Å². The van der Waals surface area contributed by atoms with Crippen molar-refractivity contribution in [3.05, 3.63) is 11.3 Å². The molecule has 11 heavy (non-hydrogen) atoms. The predicted molar refractivity (Wildman–Crippen MR) is 28.7 cm³/mol. The van der Waals surface area contributed by atoms with E-state index in [4.69, 9.17) is 0 Å². The number of Topliss-reactive ketones (excluding diaryl/α,β-unsaturated/α-hetero) is 1. The molecule has 4 nitrogen and oxygen atoms in total. The van der Waals surface area contributed by atoms with E-state index in [-0.39, 0.29) is 41.7 Å². The smallest absolute Gasteiger partial charge is 0.873 e. The molecule has 0 spiro atoms. The summed E-state index contributed by atoms with van der Waals surface area (Å²) in [4.78, 5) is 21.0. The average Bonchev–Trinajstić information content (AvgIpc) is 2.11. The maximum absolute atomic E-state index is 10.6. The van der Waals surface area contributed by atoms with Gasteiger partial charge in [0, 0.05) is 0 Å². The van der Waals surface area contributed by atoms with Gasteiger partial charge in [-0.2, -0.15) is 0 Å². The second-order valence-corrected chi connectivity index (χ2v) is 1.93. The zero-order valence-corrected chi connectivity index (χ0v) is 8.34. The van der Waals surface area contributed by atoms with Gasteiger partial charge in [-0.05, 0) is 6.92 Å². The first-order chi connectivity index (χ1) is 4.63. The van der Waals surface area contributed by atoms with Crippen LogP contribution in [0.5, 0.6) is 0 Å². The molecule has 0 atom stereocenters. The molecule has 0 aromatic heterocycles. The van der Waals surface area contributed by atoms with Gasteiger partial charge in [0.25, 0.3) is 0 Å². The van der Waals surface area contributed by atoms with Crippen molar-refractivity contribution in [3.8, 4) is 0 Å². The minimum Gasteiger partial charge on any atom is -0.873 e. The molecule has 1 rings (SSSR count). The summed E-state index contributed by atoms with van der Waals surface area (Å²) in [6.07, 6.45) is 0.